The Kier molecular flexibility index (Phi) is 5.58. The van der Waals surface area contributed by atoms with Gasteiger partial charge in [-0.15, -0.1) is 0 Å². The molecule has 0 amide bonds. The molecule has 2 aliphatic rings. The maximum absolute atomic E-state index is 13.0. The van der Waals surface area contributed by atoms with Crippen LogP contribution in [0.4, 0.5) is 4.39 Å². The number of ketones is 1. The second kappa shape index (κ2) is 7.87. The second-order valence-corrected chi connectivity index (χ2v) is 6.43. The third-order valence-electron chi connectivity index (χ3n) is 4.49. The maximum Gasteiger partial charge on any atom is 0.161 e. The van der Waals surface area contributed by atoms with Crippen LogP contribution in [0.15, 0.2) is 48.5 Å². The fourth-order valence-corrected chi connectivity index (χ4v) is 3.22. The summed E-state index contributed by atoms with van der Waals surface area (Å²) in [5, 5.41) is 11.4. The fraction of sp³-hybridized carbons (Fsp3) is 0.350. The van der Waals surface area contributed by atoms with Gasteiger partial charge >= 0.3 is 0 Å². The topological polar surface area (TPSA) is 49.8 Å². The summed E-state index contributed by atoms with van der Waals surface area (Å²) in [5.41, 5.74) is 3.25. The molecule has 0 aromatic heterocycles. The van der Waals surface area contributed by atoms with Crippen molar-refractivity contribution in [2.75, 3.05) is 13.2 Å². The van der Waals surface area contributed by atoms with Crippen LogP contribution >= 0.6 is 0 Å². The molecule has 2 atom stereocenters. The zero-order chi connectivity index (χ0) is 17.8. The van der Waals surface area contributed by atoms with Gasteiger partial charge in [0.1, 0.15) is 12.4 Å². The van der Waals surface area contributed by atoms with Crippen molar-refractivity contribution in [2.24, 2.45) is 0 Å². The molecule has 1 fully saturated rings. The molecular formula is C20H22FNO3. The molecule has 1 saturated heterocycles. The van der Waals surface area contributed by atoms with Gasteiger partial charge in [-0.25, -0.2) is 4.39 Å². The van der Waals surface area contributed by atoms with Crippen molar-refractivity contribution in [1.29, 1.82) is 0 Å². The van der Waals surface area contributed by atoms with Crippen LogP contribution in [-0.4, -0.2) is 35.3 Å². The van der Waals surface area contributed by atoms with Crippen molar-refractivity contribution < 1.29 is 19.1 Å². The van der Waals surface area contributed by atoms with E-state index in [1.165, 1.54) is 22.8 Å². The van der Waals surface area contributed by atoms with Crippen molar-refractivity contribution >= 4 is 5.78 Å². The van der Waals surface area contributed by atoms with Crippen LogP contribution in [0, 0.1) is 5.82 Å². The number of carbonyl (C=O) groups excluding carboxylic acids is 1. The van der Waals surface area contributed by atoms with Crippen LogP contribution < -0.4 is 0 Å². The van der Waals surface area contributed by atoms with E-state index in [1.54, 1.807) is 12.1 Å². The van der Waals surface area contributed by atoms with E-state index in [0.29, 0.717) is 19.6 Å². The highest BCUT2D eigenvalue weighted by atomic mass is 19.1. The molecule has 0 saturated carbocycles. The third kappa shape index (κ3) is 4.31. The summed E-state index contributed by atoms with van der Waals surface area (Å²) in [4.78, 5) is 10.3. The summed E-state index contributed by atoms with van der Waals surface area (Å²) >= 11 is 0. The number of nitrogens with zero attached hydrogens (tertiary/aromatic N) is 1. The zero-order valence-corrected chi connectivity index (χ0v) is 14.2. The largest absolute Gasteiger partial charge is 0.370 e. The van der Waals surface area contributed by atoms with Gasteiger partial charge in [0.25, 0.3) is 0 Å². The van der Waals surface area contributed by atoms with E-state index in [1.807, 2.05) is 25.1 Å². The third-order valence-corrected chi connectivity index (χ3v) is 4.49. The smallest absolute Gasteiger partial charge is 0.161 e. The summed E-state index contributed by atoms with van der Waals surface area (Å²) in [6, 6.07) is 14.2. The Labute approximate surface area is 146 Å². The highest BCUT2D eigenvalue weighted by Crippen LogP contribution is 2.33. The summed E-state index contributed by atoms with van der Waals surface area (Å²) < 4.78 is 17.9. The van der Waals surface area contributed by atoms with Gasteiger partial charge in [-0.2, -0.15) is 5.06 Å². The Morgan fingerprint density at radius 3 is 2.48 bits per heavy atom. The van der Waals surface area contributed by atoms with E-state index in [2.05, 4.69) is 6.07 Å². The van der Waals surface area contributed by atoms with Gasteiger partial charge in [0.2, 0.25) is 0 Å². The quantitative estimate of drug-likeness (QED) is 0.861. The molecular weight excluding hydrogens is 321 g/mol. The van der Waals surface area contributed by atoms with Gasteiger partial charge in [-0.05, 0) is 42.2 Å². The number of halogens is 1. The molecule has 132 valence electrons. The Bertz CT molecular complexity index is 732. The first-order chi connectivity index (χ1) is 12.0. The predicted octanol–water partition coefficient (Wildman–Crippen LogP) is 3.53. The van der Waals surface area contributed by atoms with Crippen LogP contribution in [0.2, 0.25) is 0 Å². The average Bonchev–Trinajstić information content (AvgIpc) is 2.99. The monoisotopic (exact) mass is 343 g/mol. The van der Waals surface area contributed by atoms with Gasteiger partial charge in [0, 0.05) is 13.0 Å². The zero-order valence-electron chi connectivity index (χ0n) is 14.2. The van der Waals surface area contributed by atoms with Crippen molar-refractivity contribution in [3.05, 3.63) is 71.0 Å². The molecule has 4 nitrogen and oxygen atoms in total. The molecule has 0 bridgehead atoms. The van der Waals surface area contributed by atoms with Crippen LogP contribution in [0.25, 0.3) is 0 Å². The summed E-state index contributed by atoms with van der Waals surface area (Å²) in [5.74, 6) is -0.0279. The first kappa shape index (κ1) is 17.7. The Balaban J connectivity index is 0.000000219. The Hall–Kier alpha value is -2.08. The molecule has 2 heterocycles. The number of carbonyl (C=O) groups is 1. The first-order valence-corrected chi connectivity index (χ1v) is 8.46. The van der Waals surface area contributed by atoms with Crippen molar-refractivity contribution in [3.63, 3.8) is 0 Å². The van der Waals surface area contributed by atoms with Gasteiger partial charge < -0.3 is 9.94 Å². The average molecular weight is 343 g/mol. The standard InChI is InChI=1S/C15H14FNO.C5H8O2/c16-13-7-5-12(6-8-13)15-14-4-2-1-3-11(14)9-10-17(15)18;1-4-2-5(6)3-7-4/h1-8,15,18H,9-10H2;4H,2-3H2,1H3/t15-;4-/m00/s1. The van der Waals surface area contributed by atoms with Gasteiger partial charge in [0.05, 0.1) is 12.1 Å². The first-order valence-electron chi connectivity index (χ1n) is 8.46. The number of hydroxylamine groups is 2. The number of fused-ring (bicyclic) bond motifs is 1. The molecule has 0 radical (unpaired) electrons. The van der Waals surface area contributed by atoms with E-state index in [-0.39, 0.29) is 23.7 Å². The lowest BCUT2D eigenvalue weighted by Gasteiger charge is -2.33. The van der Waals surface area contributed by atoms with E-state index in [0.717, 1.165) is 17.5 Å². The van der Waals surface area contributed by atoms with E-state index < -0.39 is 0 Å². The number of hydrogen-bond acceptors (Lipinski definition) is 4. The number of ether oxygens (including phenoxy) is 1. The Morgan fingerprint density at radius 2 is 1.88 bits per heavy atom. The summed E-state index contributed by atoms with van der Waals surface area (Å²) in [6.07, 6.45) is 1.62. The number of rotatable bonds is 1. The van der Waals surface area contributed by atoms with Crippen molar-refractivity contribution in [1.82, 2.24) is 5.06 Å². The molecule has 25 heavy (non-hydrogen) atoms. The highest BCUT2D eigenvalue weighted by molar-refractivity contribution is 5.81. The normalized spacial score (nSPS) is 22.9. The molecule has 4 rings (SSSR count). The fourth-order valence-electron chi connectivity index (χ4n) is 3.22. The number of benzene rings is 2. The SMILES string of the molecule is C[C@H]1CC(=O)CO1.ON1CCc2ccccc2[C@@H]1c1ccc(F)cc1. The minimum atomic E-state index is -0.257. The molecule has 2 aliphatic heterocycles. The molecule has 5 heteroatoms. The number of Topliss-reactive ketones (excluding diaryl/α,β-unsaturated/α-hetero) is 1. The van der Waals surface area contributed by atoms with Gasteiger partial charge in [0.15, 0.2) is 5.78 Å². The second-order valence-electron chi connectivity index (χ2n) is 6.43. The lowest BCUT2D eigenvalue weighted by molar-refractivity contribution is -0.121. The summed E-state index contributed by atoms with van der Waals surface area (Å²) in [6.45, 7) is 2.84. The van der Waals surface area contributed by atoms with Crippen molar-refractivity contribution in [3.8, 4) is 0 Å². The van der Waals surface area contributed by atoms with Crippen LogP contribution in [0.1, 0.15) is 36.1 Å². The lowest BCUT2D eigenvalue weighted by atomic mass is 9.89. The minimum absolute atomic E-state index is 0.174. The maximum atomic E-state index is 13.0. The van der Waals surface area contributed by atoms with Crippen LogP contribution in [0.3, 0.4) is 0 Å². The molecule has 2 aromatic rings. The molecule has 2 aromatic carbocycles. The van der Waals surface area contributed by atoms with E-state index >= 15 is 0 Å². The number of hydrogen-bond donors (Lipinski definition) is 1. The van der Waals surface area contributed by atoms with Crippen molar-refractivity contribution in [2.45, 2.75) is 31.9 Å². The van der Waals surface area contributed by atoms with Crippen LogP contribution in [-0.2, 0) is 16.0 Å². The van der Waals surface area contributed by atoms with Crippen LogP contribution in [0.5, 0.6) is 0 Å². The molecule has 0 spiro atoms. The Morgan fingerprint density at radius 1 is 1.16 bits per heavy atom. The minimum Gasteiger partial charge on any atom is -0.370 e. The van der Waals surface area contributed by atoms with E-state index in [9.17, 15) is 14.4 Å². The van der Waals surface area contributed by atoms with Gasteiger partial charge in [-0.1, -0.05) is 36.4 Å². The van der Waals surface area contributed by atoms with E-state index in [4.69, 9.17) is 4.74 Å². The lowest BCUT2D eigenvalue weighted by Crippen LogP contribution is -2.33. The highest BCUT2D eigenvalue weighted by Gasteiger charge is 2.27. The predicted molar refractivity (Wildman–Crippen MR) is 91.9 cm³/mol. The molecule has 0 unspecified atom stereocenters. The molecule has 0 aliphatic carbocycles. The summed E-state index contributed by atoms with van der Waals surface area (Å²) in [7, 11) is 0. The van der Waals surface area contributed by atoms with Gasteiger partial charge in [-0.3, -0.25) is 4.79 Å². The molecule has 1 N–H and O–H groups in total.